The molecule has 0 heterocycles. The lowest BCUT2D eigenvalue weighted by Crippen LogP contribution is -2.45. The highest BCUT2D eigenvalue weighted by Crippen LogP contribution is 2.22. The lowest BCUT2D eigenvalue weighted by Gasteiger charge is -2.16. The lowest BCUT2D eigenvalue weighted by molar-refractivity contribution is -0.160. The highest BCUT2D eigenvalue weighted by atomic mass is 19.4. The number of rotatable bonds is 9. The molecule has 0 aliphatic heterocycles. The van der Waals surface area contributed by atoms with Crippen molar-refractivity contribution in [2.24, 2.45) is 5.92 Å². The summed E-state index contributed by atoms with van der Waals surface area (Å²) in [7, 11) is 0. The molecule has 2 N–H and O–H groups in total. The number of ether oxygens (including phenoxy) is 2. The Morgan fingerprint density at radius 1 is 1.20 bits per heavy atom. The number of benzene rings is 1. The van der Waals surface area contributed by atoms with Crippen LogP contribution in [-0.4, -0.2) is 42.4 Å². The summed E-state index contributed by atoms with van der Waals surface area (Å²) in [5.74, 6) is -1.62. The SMILES string of the molecule is CC(C)COc1cccc(OCC(=O)NC(CC(F)(F)F)C(=O)O)c1. The number of hydrogen-bond acceptors (Lipinski definition) is 4. The molecule has 1 aromatic carbocycles. The first-order valence-corrected chi connectivity index (χ1v) is 7.51. The molecule has 0 aliphatic rings. The van der Waals surface area contributed by atoms with Gasteiger partial charge in [-0.1, -0.05) is 19.9 Å². The first kappa shape index (κ1) is 20.6. The molecular formula is C16H20F3NO5. The molecule has 0 spiro atoms. The van der Waals surface area contributed by atoms with Gasteiger partial charge in [-0.2, -0.15) is 13.2 Å². The Labute approximate surface area is 142 Å². The fourth-order valence-corrected chi connectivity index (χ4v) is 1.73. The quantitative estimate of drug-likeness (QED) is 0.705. The van der Waals surface area contributed by atoms with E-state index in [2.05, 4.69) is 0 Å². The van der Waals surface area contributed by atoms with E-state index in [4.69, 9.17) is 14.6 Å². The highest BCUT2D eigenvalue weighted by molar-refractivity contribution is 5.84. The van der Waals surface area contributed by atoms with E-state index < -0.39 is 37.1 Å². The van der Waals surface area contributed by atoms with Gasteiger partial charge in [0.25, 0.3) is 5.91 Å². The molecule has 0 aliphatic carbocycles. The minimum absolute atomic E-state index is 0.277. The lowest BCUT2D eigenvalue weighted by atomic mass is 10.2. The molecule has 0 saturated carbocycles. The van der Waals surface area contributed by atoms with Gasteiger partial charge in [0, 0.05) is 6.07 Å². The zero-order chi connectivity index (χ0) is 19.0. The van der Waals surface area contributed by atoms with Gasteiger partial charge in [0.2, 0.25) is 0 Å². The molecule has 9 heteroatoms. The molecule has 0 fully saturated rings. The van der Waals surface area contributed by atoms with Crippen LogP contribution in [0.15, 0.2) is 24.3 Å². The van der Waals surface area contributed by atoms with Crippen molar-refractivity contribution in [3.63, 3.8) is 0 Å². The van der Waals surface area contributed by atoms with Crippen LogP contribution in [0.4, 0.5) is 13.2 Å². The molecule has 6 nitrogen and oxygen atoms in total. The maximum absolute atomic E-state index is 12.3. The summed E-state index contributed by atoms with van der Waals surface area (Å²) in [6.07, 6.45) is -6.37. The average Bonchev–Trinajstić information content (AvgIpc) is 2.49. The fourth-order valence-electron chi connectivity index (χ4n) is 1.73. The second kappa shape index (κ2) is 9.14. The van der Waals surface area contributed by atoms with Crippen LogP contribution < -0.4 is 14.8 Å². The monoisotopic (exact) mass is 363 g/mol. The summed E-state index contributed by atoms with van der Waals surface area (Å²) in [6, 6.07) is 4.34. The zero-order valence-electron chi connectivity index (χ0n) is 13.8. The maximum Gasteiger partial charge on any atom is 0.391 e. The molecule has 1 aromatic rings. The van der Waals surface area contributed by atoms with Gasteiger partial charge >= 0.3 is 12.1 Å². The van der Waals surface area contributed by atoms with Crippen molar-refractivity contribution in [2.45, 2.75) is 32.5 Å². The zero-order valence-corrected chi connectivity index (χ0v) is 13.8. The molecule has 1 atom stereocenters. The number of carboxylic acids is 1. The van der Waals surface area contributed by atoms with E-state index in [9.17, 15) is 22.8 Å². The van der Waals surface area contributed by atoms with Gasteiger partial charge in [-0.05, 0) is 18.1 Å². The maximum atomic E-state index is 12.3. The van der Waals surface area contributed by atoms with Crippen LogP contribution in [-0.2, 0) is 9.59 Å². The van der Waals surface area contributed by atoms with E-state index in [0.29, 0.717) is 18.3 Å². The van der Waals surface area contributed by atoms with Crippen LogP contribution in [0.2, 0.25) is 0 Å². The smallest absolute Gasteiger partial charge is 0.391 e. The molecular weight excluding hydrogens is 343 g/mol. The number of carbonyl (C=O) groups excluding carboxylic acids is 1. The second-order valence-electron chi connectivity index (χ2n) is 5.75. The standard InChI is InChI=1S/C16H20F3NO5/c1-10(2)8-24-11-4-3-5-12(6-11)25-9-14(21)20-13(15(22)23)7-16(17,18)19/h3-6,10,13H,7-9H2,1-2H3,(H,20,21)(H,22,23). The molecule has 1 unspecified atom stereocenters. The number of halogens is 3. The highest BCUT2D eigenvalue weighted by Gasteiger charge is 2.36. The summed E-state index contributed by atoms with van der Waals surface area (Å²) in [4.78, 5) is 22.4. The van der Waals surface area contributed by atoms with Gasteiger partial charge in [-0.15, -0.1) is 0 Å². The summed E-state index contributed by atoms with van der Waals surface area (Å²) in [6.45, 7) is 3.83. The Kier molecular flexibility index (Phi) is 7.53. The molecule has 25 heavy (non-hydrogen) atoms. The Balaban J connectivity index is 2.55. The van der Waals surface area contributed by atoms with Crippen molar-refractivity contribution in [1.82, 2.24) is 5.32 Å². The van der Waals surface area contributed by atoms with Gasteiger partial charge in [0.15, 0.2) is 6.61 Å². The third-order valence-electron chi connectivity index (χ3n) is 2.83. The number of carbonyl (C=O) groups is 2. The number of carboxylic acid groups (broad SMARTS) is 1. The predicted octanol–water partition coefficient (Wildman–Crippen LogP) is 2.62. The van der Waals surface area contributed by atoms with Crippen molar-refractivity contribution in [2.75, 3.05) is 13.2 Å². The molecule has 140 valence electrons. The average molecular weight is 363 g/mol. The summed E-state index contributed by atoms with van der Waals surface area (Å²) >= 11 is 0. The van der Waals surface area contributed by atoms with Gasteiger partial charge in [0.05, 0.1) is 13.0 Å². The number of aliphatic carboxylic acids is 1. The summed E-state index contributed by atoms with van der Waals surface area (Å²) in [5.41, 5.74) is 0. The van der Waals surface area contributed by atoms with Crippen molar-refractivity contribution in [3.05, 3.63) is 24.3 Å². The van der Waals surface area contributed by atoms with Gasteiger partial charge in [-0.25, -0.2) is 4.79 Å². The Morgan fingerprint density at radius 2 is 1.80 bits per heavy atom. The summed E-state index contributed by atoms with van der Waals surface area (Å²) in [5, 5.41) is 10.5. The van der Waals surface area contributed by atoms with Crippen molar-refractivity contribution < 1.29 is 37.3 Å². The number of hydrogen-bond donors (Lipinski definition) is 2. The van der Waals surface area contributed by atoms with E-state index in [1.165, 1.54) is 6.07 Å². The van der Waals surface area contributed by atoms with Crippen LogP contribution in [0.5, 0.6) is 11.5 Å². The molecule has 1 amide bonds. The summed E-state index contributed by atoms with van der Waals surface area (Å²) < 4.78 is 47.5. The number of amides is 1. The van der Waals surface area contributed by atoms with Crippen LogP contribution >= 0.6 is 0 Å². The van der Waals surface area contributed by atoms with Crippen molar-refractivity contribution in [1.29, 1.82) is 0 Å². The normalized spacial score (nSPS) is 12.6. The Hall–Kier alpha value is -2.45. The van der Waals surface area contributed by atoms with E-state index in [1.54, 1.807) is 23.5 Å². The Morgan fingerprint density at radius 3 is 2.32 bits per heavy atom. The minimum atomic E-state index is -4.71. The van der Waals surface area contributed by atoms with Crippen molar-refractivity contribution in [3.8, 4) is 11.5 Å². The first-order valence-electron chi connectivity index (χ1n) is 7.51. The largest absolute Gasteiger partial charge is 0.493 e. The predicted molar refractivity (Wildman–Crippen MR) is 82.5 cm³/mol. The van der Waals surface area contributed by atoms with Crippen LogP contribution in [0.3, 0.4) is 0 Å². The fraction of sp³-hybridized carbons (Fsp3) is 0.500. The third kappa shape index (κ3) is 8.83. The van der Waals surface area contributed by atoms with Gasteiger partial charge < -0.3 is 19.9 Å². The molecule has 1 rings (SSSR count). The van der Waals surface area contributed by atoms with Crippen LogP contribution in [0.25, 0.3) is 0 Å². The van der Waals surface area contributed by atoms with Gasteiger partial charge in [-0.3, -0.25) is 4.79 Å². The molecule has 0 bridgehead atoms. The number of alkyl halides is 3. The second-order valence-corrected chi connectivity index (χ2v) is 5.75. The van der Waals surface area contributed by atoms with E-state index in [1.807, 2.05) is 13.8 Å². The van der Waals surface area contributed by atoms with Crippen LogP contribution in [0, 0.1) is 5.92 Å². The van der Waals surface area contributed by atoms with E-state index in [0.717, 1.165) is 0 Å². The molecule has 0 saturated heterocycles. The minimum Gasteiger partial charge on any atom is -0.493 e. The molecule has 0 radical (unpaired) electrons. The van der Waals surface area contributed by atoms with Gasteiger partial charge in [0.1, 0.15) is 17.5 Å². The van der Waals surface area contributed by atoms with Crippen LogP contribution in [0.1, 0.15) is 20.3 Å². The third-order valence-corrected chi connectivity index (χ3v) is 2.83. The number of nitrogens with one attached hydrogen (secondary N) is 1. The molecule has 0 aromatic heterocycles. The van der Waals surface area contributed by atoms with E-state index in [-0.39, 0.29) is 5.75 Å². The van der Waals surface area contributed by atoms with E-state index >= 15 is 0 Å². The Bertz CT molecular complexity index is 589. The van der Waals surface area contributed by atoms with Crippen molar-refractivity contribution >= 4 is 11.9 Å². The topological polar surface area (TPSA) is 84.9 Å². The first-order chi connectivity index (χ1) is 11.6.